The van der Waals surface area contributed by atoms with Gasteiger partial charge in [0.2, 0.25) is 0 Å². The van der Waals surface area contributed by atoms with E-state index in [9.17, 15) is 45.6 Å². The van der Waals surface area contributed by atoms with Crippen LogP contribution in [0.3, 0.4) is 0 Å². The fourth-order valence-corrected chi connectivity index (χ4v) is 15.7. The molecule has 452 valence electrons. The highest BCUT2D eigenvalue weighted by molar-refractivity contribution is 5.82. The normalized spacial score (nSPS) is 50.2. The number of allylic oxidation sites excluding steroid dienone is 2. The minimum absolute atomic E-state index is 0.0125. The van der Waals surface area contributed by atoms with Crippen LogP contribution in [0.4, 0.5) is 0 Å². The standard InChI is InChI=1S/C59H90O21/c1-31-50(64)39(69-8)25-47(72-31)79-52-34(4)75-49(27-41(52)71-10)80-53-33(3)74-48(26-40(53)70-9)78-51-32(2)73-46(24-38(51)61)76-37-20-21-54(6)42-28-44(77-45(63)19-15-14-18-36-16-12-11-13-17-36)55(7)56(65,35(5)60)22-23-59(55,68)57(42,66)30-43(62)58(54,67)29-37/h11-19,31-35,37-44,46-53,60-62,64-68H,20-30H2,1-10H3/b18-14+,19-15+/t31-,32-,33-,34-,35+,37+,38+,39-,40-,41+,42-,43-,44-,46+,47+,48+,49+,50-,51-,52-,53-,54-,55-,56-,57+,58+,59-/m1/s1. The van der Waals surface area contributed by atoms with Gasteiger partial charge < -0.3 is 97.7 Å². The minimum atomic E-state index is -2.19. The first-order chi connectivity index (χ1) is 37.8. The van der Waals surface area contributed by atoms with Crippen LogP contribution in [0.25, 0.3) is 6.08 Å². The second-order valence-electron chi connectivity index (χ2n) is 24.7. The number of esters is 1. The second-order valence-corrected chi connectivity index (χ2v) is 24.7. The third-order valence-corrected chi connectivity index (χ3v) is 20.4. The van der Waals surface area contributed by atoms with Gasteiger partial charge in [0.05, 0.1) is 78.2 Å². The summed E-state index contributed by atoms with van der Waals surface area (Å²) in [5, 5.41) is 96.6. The van der Waals surface area contributed by atoms with Crippen LogP contribution >= 0.6 is 0 Å². The fraction of sp³-hybridized carbons (Fsp3) is 0.814. The van der Waals surface area contributed by atoms with Crippen molar-refractivity contribution in [3.05, 3.63) is 54.1 Å². The molecule has 8 N–H and O–H groups in total. The Labute approximate surface area is 469 Å². The predicted molar refractivity (Wildman–Crippen MR) is 284 cm³/mol. The Morgan fingerprint density at radius 2 is 1.19 bits per heavy atom. The van der Waals surface area contributed by atoms with Crippen LogP contribution in [-0.2, 0) is 61.6 Å². The van der Waals surface area contributed by atoms with Crippen molar-refractivity contribution >= 4 is 12.0 Å². The van der Waals surface area contributed by atoms with E-state index in [1.165, 1.54) is 26.0 Å². The van der Waals surface area contributed by atoms with E-state index in [2.05, 4.69) is 0 Å². The number of fused-ring (bicyclic) bond motifs is 5. The van der Waals surface area contributed by atoms with Gasteiger partial charge in [-0.25, -0.2) is 4.79 Å². The molecule has 4 saturated carbocycles. The number of hydrogen-bond acceptors (Lipinski definition) is 21. The third-order valence-electron chi connectivity index (χ3n) is 20.4. The van der Waals surface area contributed by atoms with Gasteiger partial charge in [-0.05, 0) is 72.3 Å². The molecule has 0 amide bonds. The average Bonchev–Trinajstić information content (AvgIpc) is 3.10. The monoisotopic (exact) mass is 1130 g/mol. The molecule has 0 unspecified atom stereocenters. The molecule has 27 atom stereocenters. The van der Waals surface area contributed by atoms with Gasteiger partial charge >= 0.3 is 5.97 Å². The van der Waals surface area contributed by atoms with E-state index in [1.807, 2.05) is 50.3 Å². The Morgan fingerprint density at radius 3 is 1.75 bits per heavy atom. The van der Waals surface area contributed by atoms with Crippen LogP contribution < -0.4 is 0 Å². The van der Waals surface area contributed by atoms with Gasteiger partial charge in [0, 0.05) is 77.3 Å². The zero-order valence-corrected chi connectivity index (χ0v) is 48.0. The molecule has 4 aliphatic carbocycles. The van der Waals surface area contributed by atoms with Crippen LogP contribution in [0.2, 0.25) is 0 Å². The van der Waals surface area contributed by atoms with Gasteiger partial charge in [0.15, 0.2) is 25.2 Å². The van der Waals surface area contributed by atoms with Crippen molar-refractivity contribution in [2.75, 3.05) is 21.3 Å². The van der Waals surface area contributed by atoms with Gasteiger partial charge in [-0.1, -0.05) is 62.4 Å². The van der Waals surface area contributed by atoms with Crippen molar-refractivity contribution in [3.8, 4) is 0 Å². The quantitative estimate of drug-likeness (QED) is 0.0511. The van der Waals surface area contributed by atoms with Crippen molar-refractivity contribution in [1.29, 1.82) is 0 Å². The van der Waals surface area contributed by atoms with Crippen LogP contribution in [0.5, 0.6) is 0 Å². The van der Waals surface area contributed by atoms with Gasteiger partial charge in [-0.3, -0.25) is 0 Å². The lowest BCUT2D eigenvalue weighted by Gasteiger charge is -2.71. The Hall–Kier alpha value is -2.59. The molecule has 0 aromatic heterocycles. The molecule has 21 heteroatoms. The maximum absolute atomic E-state index is 13.7. The summed E-state index contributed by atoms with van der Waals surface area (Å²) in [6.07, 6.45) is -8.47. The van der Waals surface area contributed by atoms with E-state index in [-0.39, 0.29) is 44.9 Å². The number of methoxy groups -OCH3 is 3. The maximum atomic E-state index is 13.7. The van der Waals surface area contributed by atoms with Gasteiger partial charge in [-0.15, -0.1) is 0 Å². The summed E-state index contributed by atoms with van der Waals surface area (Å²) < 4.78 is 74.4. The highest BCUT2D eigenvalue weighted by Gasteiger charge is 2.84. The second kappa shape index (κ2) is 24.1. The van der Waals surface area contributed by atoms with E-state index in [0.29, 0.717) is 19.3 Å². The Kier molecular flexibility index (Phi) is 18.6. The summed E-state index contributed by atoms with van der Waals surface area (Å²) in [6.45, 7) is 12.0. The van der Waals surface area contributed by atoms with Crippen LogP contribution in [0.1, 0.15) is 125 Å². The SMILES string of the molecule is CO[C@H]1C[C@H](O[C@@H]2[C@@H](C)O[C@@H](O[C@H]3[C@@H](O)C[C@H](O[C@H]4CC[C@]5(C)[C@H]6C[C@@H](OC(=O)/C=C/C=C/c7ccccc7)[C@@]7(C)[C@](O)(CC[C@@]7(O)[C@H](C)O)[C@]6(O)C[C@@H](O)[C@@]5(O)C4)O[C@@H]3C)C[C@H]2OC)O[C@H](C)[C@H]1O[C@H]1C[C@@H](OC)[C@H](O)[C@@H](C)O1. The molecule has 0 bridgehead atoms. The molecule has 21 nitrogen and oxygen atoms in total. The number of ether oxygens (including phenoxy) is 12. The molecular formula is C59H90O21. The number of aliphatic hydroxyl groups is 8. The van der Waals surface area contributed by atoms with Gasteiger partial charge in [0.25, 0.3) is 0 Å². The molecule has 9 rings (SSSR count). The molecular weight excluding hydrogens is 1040 g/mol. The van der Waals surface area contributed by atoms with Crippen LogP contribution in [0, 0.1) is 16.7 Å². The molecule has 0 radical (unpaired) electrons. The Morgan fingerprint density at radius 1 is 0.650 bits per heavy atom. The van der Waals surface area contributed by atoms with Crippen molar-refractivity contribution in [1.82, 2.24) is 0 Å². The summed E-state index contributed by atoms with van der Waals surface area (Å²) in [5.74, 6) is -1.73. The summed E-state index contributed by atoms with van der Waals surface area (Å²) in [4.78, 5) is 13.7. The topological polar surface area (TPSA) is 290 Å². The lowest BCUT2D eigenvalue weighted by molar-refractivity contribution is -0.376. The zero-order valence-electron chi connectivity index (χ0n) is 48.0. The summed E-state index contributed by atoms with van der Waals surface area (Å²) >= 11 is 0. The maximum Gasteiger partial charge on any atom is 0.331 e. The molecule has 1 aromatic carbocycles. The average molecular weight is 1140 g/mol. The number of carbonyl (C=O) groups excluding carboxylic acids is 1. The summed E-state index contributed by atoms with van der Waals surface area (Å²) in [7, 11) is 4.73. The molecule has 8 aliphatic rings. The zero-order chi connectivity index (χ0) is 57.9. The van der Waals surface area contributed by atoms with Crippen molar-refractivity contribution in [2.45, 2.75) is 264 Å². The third kappa shape index (κ3) is 10.9. The smallest absolute Gasteiger partial charge is 0.331 e. The van der Waals surface area contributed by atoms with E-state index in [4.69, 9.17) is 56.8 Å². The number of hydrogen-bond donors (Lipinski definition) is 8. The summed E-state index contributed by atoms with van der Waals surface area (Å²) in [6, 6.07) is 9.50. The van der Waals surface area contributed by atoms with Crippen molar-refractivity contribution < 1.29 is 102 Å². The van der Waals surface area contributed by atoms with E-state index in [0.717, 1.165) is 5.56 Å². The van der Waals surface area contributed by atoms with Crippen LogP contribution in [-0.4, -0.2) is 213 Å². The van der Waals surface area contributed by atoms with Gasteiger partial charge in [0.1, 0.15) is 47.3 Å². The first-order valence-electron chi connectivity index (χ1n) is 28.8. The molecule has 1 aromatic rings. The fourth-order valence-electron chi connectivity index (χ4n) is 15.7. The largest absolute Gasteiger partial charge is 0.458 e. The molecule has 4 aliphatic heterocycles. The summed E-state index contributed by atoms with van der Waals surface area (Å²) in [5.41, 5.74) is -10.4. The van der Waals surface area contributed by atoms with E-state index < -0.39 is 174 Å². The number of benzene rings is 1. The molecule has 8 fully saturated rings. The Balaban J connectivity index is 0.812. The van der Waals surface area contributed by atoms with Gasteiger partial charge in [-0.2, -0.15) is 0 Å². The first-order valence-corrected chi connectivity index (χ1v) is 28.8. The van der Waals surface area contributed by atoms with Crippen molar-refractivity contribution in [2.24, 2.45) is 16.7 Å². The lowest BCUT2D eigenvalue weighted by Crippen LogP contribution is -2.83. The van der Waals surface area contributed by atoms with E-state index in [1.54, 1.807) is 48.2 Å². The minimum Gasteiger partial charge on any atom is -0.458 e. The Bertz CT molecular complexity index is 2300. The molecule has 4 heterocycles. The highest BCUT2D eigenvalue weighted by atomic mass is 16.8. The highest BCUT2D eigenvalue weighted by Crippen LogP contribution is 2.73. The molecule has 4 saturated heterocycles. The van der Waals surface area contributed by atoms with Crippen molar-refractivity contribution in [3.63, 3.8) is 0 Å². The molecule has 0 spiro atoms. The number of carbonyl (C=O) groups is 1. The first kappa shape index (κ1) is 62.0. The number of aliphatic hydroxyl groups excluding tert-OH is 4. The molecule has 80 heavy (non-hydrogen) atoms. The lowest BCUT2D eigenvalue weighted by atomic mass is 9.38. The van der Waals surface area contributed by atoms with Crippen LogP contribution in [0.15, 0.2) is 48.6 Å². The number of rotatable bonds is 16. The van der Waals surface area contributed by atoms with E-state index >= 15 is 0 Å². The predicted octanol–water partition coefficient (Wildman–Crippen LogP) is 3.10.